The average molecular weight is 407 g/mol. The number of nitrogens with zero attached hydrogens (tertiary/aromatic N) is 4. The number of rotatable bonds is 0. The van der Waals surface area contributed by atoms with Gasteiger partial charge in [-0.3, -0.25) is 18.3 Å². The van der Waals surface area contributed by atoms with Crippen molar-refractivity contribution in [3.05, 3.63) is 45.3 Å². The van der Waals surface area contributed by atoms with Crippen LogP contribution in [0.2, 0.25) is 0 Å². The molecule has 0 saturated carbocycles. The standard InChI is InChI=1S/C12H22N2O.C11H20N2O/c1-9-8-13(11(2,3)4)10(15)14(9)12(5,6)7;1-10(2,3)12-7-8-13(9(12)14)11(4,5)6/h8H,1-7H3;7-8H,1-6H3. The molecule has 166 valence electrons. The molecule has 2 aromatic heterocycles. The molecule has 0 saturated heterocycles. The Morgan fingerprint density at radius 1 is 0.552 bits per heavy atom. The minimum Gasteiger partial charge on any atom is -0.294 e. The van der Waals surface area contributed by atoms with Gasteiger partial charge in [0.1, 0.15) is 0 Å². The molecule has 0 amide bonds. The lowest BCUT2D eigenvalue weighted by Gasteiger charge is -2.23. The predicted molar refractivity (Wildman–Crippen MR) is 122 cm³/mol. The minimum absolute atomic E-state index is 0.0602. The summed E-state index contributed by atoms with van der Waals surface area (Å²) in [6.45, 7) is 26.4. The highest BCUT2D eigenvalue weighted by Crippen LogP contribution is 2.18. The minimum atomic E-state index is -0.155. The summed E-state index contributed by atoms with van der Waals surface area (Å²) in [5, 5.41) is 0. The van der Waals surface area contributed by atoms with Crippen molar-refractivity contribution < 1.29 is 0 Å². The van der Waals surface area contributed by atoms with Crippen LogP contribution in [0.25, 0.3) is 0 Å². The van der Waals surface area contributed by atoms with Crippen molar-refractivity contribution >= 4 is 0 Å². The Bertz CT molecular complexity index is 905. The molecule has 0 radical (unpaired) electrons. The Morgan fingerprint density at radius 2 is 0.897 bits per heavy atom. The molecule has 6 heteroatoms. The second kappa shape index (κ2) is 7.69. The molecule has 0 unspecified atom stereocenters. The summed E-state index contributed by atoms with van der Waals surface area (Å²) in [5.74, 6) is 0. The molecule has 6 nitrogen and oxygen atoms in total. The van der Waals surface area contributed by atoms with Gasteiger partial charge in [0.15, 0.2) is 0 Å². The fraction of sp³-hybridized carbons (Fsp3) is 0.739. The van der Waals surface area contributed by atoms with Crippen LogP contribution in [-0.2, 0) is 22.2 Å². The summed E-state index contributed by atoms with van der Waals surface area (Å²) < 4.78 is 7.17. The van der Waals surface area contributed by atoms with E-state index in [0.29, 0.717) is 0 Å². The summed E-state index contributed by atoms with van der Waals surface area (Å²) in [4.78, 5) is 24.2. The van der Waals surface area contributed by atoms with Gasteiger partial charge in [-0.15, -0.1) is 0 Å². The van der Waals surface area contributed by atoms with Crippen molar-refractivity contribution in [1.82, 2.24) is 18.3 Å². The van der Waals surface area contributed by atoms with E-state index in [9.17, 15) is 9.59 Å². The van der Waals surface area contributed by atoms with Crippen molar-refractivity contribution in [1.29, 1.82) is 0 Å². The number of hydrogen-bond acceptors (Lipinski definition) is 2. The third kappa shape index (κ3) is 5.77. The Morgan fingerprint density at radius 3 is 1.07 bits per heavy atom. The van der Waals surface area contributed by atoms with Crippen LogP contribution in [0, 0.1) is 6.92 Å². The second-order valence-corrected chi connectivity index (χ2v) is 11.8. The Hall–Kier alpha value is -1.98. The maximum atomic E-state index is 12.2. The molecule has 2 rings (SSSR count). The molecule has 0 atom stereocenters. The van der Waals surface area contributed by atoms with Gasteiger partial charge in [0.2, 0.25) is 0 Å². The van der Waals surface area contributed by atoms with Gasteiger partial charge in [0, 0.05) is 46.4 Å². The fourth-order valence-corrected chi connectivity index (χ4v) is 3.25. The van der Waals surface area contributed by atoms with Crippen molar-refractivity contribution in [2.24, 2.45) is 0 Å². The van der Waals surface area contributed by atoms with Gasteiger partial charge in [-0.2, -0.15) is 0 Å². The Kier molecular flexibility index (Phi) is 6.65. The lowest BCUT2D eigenvalue weighted by atomic mass is 10.1. The van der Waals surface area contributed by atoms with Crippen LogP contribution in [0.1, 0.15) is 88.8 Å². The van der Waals surface area contributed by atoms with Gasteiger partial charge < -0.3 is 0 Å². The van der Waals surface area contributed by atoms with E-state index in [2.05, 4.69) is 20.8 Å². The van der Waals surface area contributed by atoms with Gasteiger partial charge in [-0.1, -0.05) is 0 Å². The van der Waals surface area contributed by atoms with E-state index in [4.69, 9.17) is 0 Å². The Balaban J connectivity index is 0.000000291. The molecule has 0 N–H and O–H groups in total. The second-order valence-electron chi connectivity index (χ2n) is 11.8. The average Bonchev–Trinajstić information content (AvgIpc) is 2.97. The summed E-state index contributed by atoms with van der Waals surface area (Å²) in [5.41, 5.74) is 0.553. The van der Waals surface area contributed by atoms with Crippen LogP contribution in [-0.4, -0.2) is 18.3 Å². The maximum absolute atomic E-state index is 12.2. The van der Waals surface area contributed by atoms with E-state index in [-0.39, 0.29) is 33.5 Å². The predicted octanol–water partition coefficient (Wildman–Crippen LogP) is 4.63. The highest BCUT2D eigenvalue weighted by atomic mass is 16.2. The fourth-order valence-electron chi connectivity index (χ4n) is 3.25. The normalized spacial score (nSPS) is 13.3. The molecule has 0 fully saturated rings. The molecule has 0 aliphatic rings. The zero-order chi connectivity index (χ0) is 23.2. The third-order valence-electron chi connectivity index (χ3n) is 4.68. The van der Waals surface area contributed by atoms with Gasteiger partial charge >= 0.3 is 11.4 Å². The van der Waals surface area contributed by atoms with Crippen LogP contribution in [0.15, 0.2) is 28.2 Å². The summed E-state index contributed by atoms with van der Waals surface area (Å²) in [7, 11) is 0. The molecule has 0 aliphatic heterocycles. The summed E-state index contributed by atoms with van der Waals surface area (Å²) >= 11 is 0. The number of hydrogen-bond donors (Lipinski definition) is 0. The van der Waals surface area contributed by atoms with E-state index in [1.54, 1.807) is 13.7 Å². The van der Waals surface area contributed by atoms with E-state index in [1.165, 1.54) is 0 Å². The first-order valence-corrected chi connectivity index (χ1v) is 10.3. The van der Waals surface area contributed by atoms with Crippen LogP contribution in [0.3, 0.4) is 0 Å². The van der Waals surface area contributed by atoms with Crippen LogP contribution < -0.4 is 11.4 Å². The lowest BCUT2D eigenvalue weighted by Crippen LogP contribution is -2.39. The quantitative estimate of drug-likeness (QED) is 0.640. The zero-order valence-corrected chi connectivity index (χ0v) is 20.8. The van der Waals surface area contributed by atoms with E-state index in [0.717, 1.165) is 5.69 Å². The highest BCUT2D eigenvalue weighted by molar-refractivity contribution is 5.04. The molecular weight excluding hydrogens is 364 g/mol. The summed E-state index contributed by atoms with van der Waals surface area (Å²) in [6.07, 6.45) is 5.65. The maximum Gasteiger partial charge on any atom is 0.329 e. The van der Waals surface area contributed by atoms with Gasteiger partial charge in [0.05, 0.1) is 0 Å². The molecule has 0 spiro atoms. The largest absolute Gasteiger partial charge is 0.329 e. The van der Waals surface area contributed by atoms with Crippen LogP contribution >= 0.6 is 0 Å². The van der Waals surface area contributed by atoms with Crippen molar-refractivity contribution in [2.45, 2.75) is 112 Å². The number of imidazole rings is 2. The van der Waals surface area contributed by atoms with Crippen LogP contribution in [0.4, 0.5) is 0 Å². The first-order chi connectivity index (χ1) is 12.7. The van der Waals surface area contributed by atoms with Gasteiger partial charge in [0.25, 0.3) is 0 Å². The van der Waals surface area contributed by atoms with E-state index in [1.807, 2.05) is 92.4 Å². The SMILES string of the molecule is CC(C)(C)n1ccn(C(C)(C)C)c1=O.Cc1cn(C(C)(C)C)c(=O)n1C(C)(C)C. The third-order valence-corrected chi connectivity index (χ3v) is 4.68. The first-order valence-electron chi connectivity index (χ1n) is 10.3. The van der Waals surface area contributed by atoms with Gasteiger partial charge in [-0.05, 0) is 90.0 Å². The topological polar surface area (TPSA) is 53.9 Å². The molecule has 0 aliphatic carbocycles. The zero-order valence-electron chi connectivity index (χ0n) is 20.8. The molecule has 2 heterocycles. The monoisotopic (exact) mass is 406 g/mol. The molecule has 0 bridgehead atoms. The first kappa shape index (κ1) is 25.1. The van der Waals surface area contributed by atoms with Crippen molar-refractivity contribution in [3.63, 3.8) is 0 Å². The van der Waals surface area contributed by atoms with Gasteiger partial charge in [-0.25, -0.2) is 9.59 Å². The lowest BCUT2D eigenvalue weighted by molar-refractivity contribution is 0.339. The van der Waals surface area contributed by atoms with E-state index >= 15 is 0 Å². The van der Waals surface area contributed by atoms with Crippen LogP contribution in [0.5, 0.6) is 0 Å². The smallest absolute Gasteiger partial charge is 0.294 e. The molecule has 0 aromatic carbocycles. The highest BCUT2D eigenvalue weighted by Gasteiger charge is 2.24. The number of aromatic nitrogens is 4. The Labute approximate surface area is 176 Å². The molecule has 29 heavy (non-hydrogen) atoms. The molecule has 2 aromatic rings. The van der Waals surface area contributed by atoms with Crippen molar-refractivity contribution in [2.75, 3.05) is 0 Å². The summed E-state index contributed by atoms with van der Waals surface area (Å²) in [6, 6.07) is 0. The number of aryl methyl sites for hydroxylation is 1. The van der Waals surface area contributed by atoms with Crippen molar-refractivity contribution in [3.8, 4) is 0 Å². The van der Waals surface area contributed by atoms with E-state index < -0.39 is 0 Å². The molecular formula is C23H42N4O2.